The molecule has 0 heterocycles. The van der Waals surface area contributed by atoms with Crippen LogP contribution in [0.2, 0.25) is 0 Å². The summed E-state index contributed by atoms with van der Waals surface area (Å²) in [6.07, 6.45) is 4.23. The van der Waals surface area contributed by atoms with Gasteiger partial charge >= 0.3 is 0 Å². The first kappa shape index (κ1) is 14.1. The van der Waals surface area contributed by atoms with Gasteiger partial charge in [0.15, 0.2) is 5.78 Å². The van der Waals surface area contributed by atoms with Gasteiger partial charge in [-0.15, -0.1) is 0 Å². The second-order valence-electron chi connectivity index (χ2n) is 4.76. The lowest BCUT2D eigenvalue weighted by Crippen LogP contribution is -1.96. The first-order valence-electron chi connectivity index (χ1n) is 6.82. The van der Waals surface area contributed by atoms with E-state index < -0.39 is 0 Å². The number of ketones is 1. The highest BCUT2D eigenvalue weighted by atomic mass is 16.1. The topological polar surface area (TPSA) is 29.1 Å². The lowest BCUT2D eigenvalue weighted by molar-refractivity contribution is 0.104. The molecular formula is C18H19NO. The summed E-state index contributed by atoms with van der Waals surface area (Å²) in [5.41, 5.74) is 4.12. The van der Waals surface area contributed by atoms with Crippen LogP contribution >= 0.6 is 0 Å². The van der Waals surface area contributed by atoms with Crippen LogP contribution in [0.4, 0.5) is 5.69 Å². The number of allylic oxidation sites excluding steroid dienone is 1. The third-order valence-corrected chi connectivity index (χ3v) is 3.15. The molecule has 2 rings (SSSR count). The maximum absolute atomic E-state index is 12.0. The van der Waals surface area contributed by atoms with Crippen LogP contribution in [0.25, 0.3) is 0 Å². The molecule has 0 aliphatic carbocycles. The molecule has 2 nitrogen and oxygen atoms in total. The zero-order valence-corrected chi connectivity index (χ0v) is 11.9. The zero-order valence-electron chi connectivity index (χ0n) is 11.9. The van der Waals surface area contributed by atoms with Gasteiger partial charge in [-0.1, -0.05) is 43.3 Å². The molecule has 2 aromatic rings. The third kappa shape index (κ3) is 3.82. The Hall–Kier alpha value is -2.35. The molecule has 0 saturated heterocycles. The van der Waals surface area contributed by atoms with Crippen LogP contribution in [0.5, 0.6) is 0 Å². The van der Waals surface area contributed by atoms with Gasteiger partial charge in [0, 0.05) is 23.5 Å². The van der Waals surface area contributed by atoms with E-state index in [-0.39, 0.29) is 5.78 Å². The van der Waals surface area contributed by atoms with Crippen molar-refractivity contribution in [3.05, 3.63) is 77.5 Å². The van der Waals surface area contributed by atoms with Gasteiger partial charge < -0.3 is 5.32 Å². The molecule has 0 aliphatic heterocycles. The first-order chi connectivity index (χ1) is 9.69. The molecule has 0 bridgehead atoms. The third-order valence-electron chi connectivity index (χ3n) is 3.15. The Morgan fingerprint density at radius 3 is 2.55 bits per heavy atom. The Morgan fingerprint density at radius 1 is 1.15 bits per heavy atom. The second kappa shape index (κ2) is 6.71. The van der Waals surface area contributed by atoms with Crippen LogP contribution in [-0.4, -0.2) is 5.78 Å². The fourth-order valence-electron chi connectivity index (χ4n) is 1.95. The fraction of sp³-hybridized carbons (Fsp3) is 0.167. The van der Waals surface area contributed by atoms with Crippen molar-refractivity contribution in [3.8, 4) is 0 Å². The Morgan fingerprint density at radius 2 is 1.90 bits per heavy atom. The van der Waals surface area contributed by atoms with E-state index in [1.54, 1.807) is 12.3 Å². The summed E-state index contributed by atoms with van der Waals surface area (Å²) in [4.78, 5) is 12.0. The number of hydrogen-bond donors (Lipinski definition) is 1. The van der Waals surface area contributed by atoms with Gasteiger partial charge in [0.1, 0.15) is 0 Å². The van der Waals surface area contributed by atoms with E-state index in [0.29, 0.717) is 5.56 Å². The van der Waals surface area contributed by atoms with E-state index in [1.807, 2.05) is 55.5 Å². The van der Waals surface area contributed by atoms with Gasteiger partial charge in [-0.05, 0) is 36.6 Å². The van der Waals surface area contributed by atoms with Crippen molar-refractivity contribution in [2.75, 3.05) is 5.32 Å². The van der Waals surface area contributed by atoms with E-state index in [4.69, 9.17) is 0 Å². The summed E-state index contributed by atoms with van der Waals surface area (Å²) < 4.78 is 0. The van der Waals surface area contributed by atoms with E-state index in [0.717, 1.165) is 12.1 Å². The number of rotatable bonds is 5. The lowest BCUT2D eigenvalue weighted by atomic mass is 10.1. The summed E-state index contributed by atoms with van der Waals surface area (Å²) in [7, 11) is 0. The number of anilines is 1. The summed E-state index contributed by atoms with van der Waals surface area (Å²) in [5.74, 6) is 0.00723. The number of aryl methyl sites for hydroxylation is 2. The van der Waals surface area contributed by atoms with Crippen molar-refractivity contribution in [1.29, 1.82) is 0 Å². The summed E-state index contributed by atoms with van der Waals surface area (Å²) in [5, 5.41) is 3.11. The molecule has 2 aromatic carbocycles. The Bertz CT molecular complexity index is 612. The van der Waals surface area contributed by atoms with Crippen LogP contribution in [0, 0.1) is 6.92 Å². The smallest absolute Gasteiger partial charge is 0.187 e. The predicted molar refractivity (Wildman–Crippen MR) is 84.1 cm³/mol. The van der Waals surface area contributed by atoms with Crippen molar-refractivity contribution < 1.29 is 4.79 Å². The Labute approximate surface area is 120 Å². The molecule has 102 valence electrons. The highest BCUT2D eigenvalue weighted by Crippen LogP contribution is 2.10. The molecule has 0 aliphatic rings. The second-order valence-corrected chi connectivity index (χ2v) is 4.76. The zero-order chi connectivity index (χ0) is 14.4. The van der Waals surface area contributed by atoms with Gasteiger partial charge in [0.2, 0.25) is 0 Å². The standard InChI is InChI=1S/C18H19NO/c1-3-15-7-9-16(10-8-15)18(20)11-12-19-17-6-4-5-14(2)13-17/h4-13,19H,3H2,1-2H3. The van der Waals surface area contributed by atoms with Crippen LogP contribution in [-0.2, 0) is 6.42 Å². The molecule has 0 spiro atoms. The monoisotopic (exact) mass is 265 g/mol. The van der Waals surface area contributed by atoms with E-state index >= 15 is 0 Å². The van der Waals surface area contributed by atoms with Crippen molar-refractivity contribution in [1.82, 2.24) is 0 Å². The highest BCUT2D eigenvalue weighted by molar-refractivity contribution is 6.04. The van der Waals surface area contributed by atoms with Gasteiger partial charge in [-0.2, -0.15) is 0 Å². The van der Waals surface area contributed by atoms with E-state index in [2.05, 4.69) is 12.2 Å². The van der Waals surface area contributed by atoms with Crippen LogP contribution in [0.3, 0.4) is 0 Å². The minimum absolute atomic E-state index is 0.00723. The predicted octanol–water partition coefficient (Wildman–Crippen LogP) is 4.37. The minimum Gasteiger partial charge on any atom is -0.362 e. The lowest BCUT2D eigenvalue weighted by Gasteiger charge is -2.02. The normalized spacial score (nSPS) is 10.7. The Balaban J connectivity index is 1.98. The molecule has 0 atom stereocenters. The van der Waals surface area contributed by atoms with Crippen molar-refractivity contribution in [3.63, 3.8) is 0 Å². The number of benzene rings is 2. The van der Waals surface area contributed by atoms with E-state index in [1.165, 1.54) is 11.1 Å². The quantitative estimate of drug-likeness (QED) is 0.642. The minimum atomic E-state index is 0.00723. The van der Waals surface area contributed by atoms with Crippen LogP contribution < -0.4 is 5.32 Å². The summed E-state index contributed by atoms with van der Waals surface area (Å²) in [6, 6.07) is 15.8. The number of nitrogens with one attached hydrogen (secondary N) is 1. The van der Waals surface area contributed by atoms with Gasteiger partial charge in [-0.3, -0.25) is 4.79 Å². The average molecular weight is 265 g/mol. The summed E-state index contributed by atoms with van der Waals surface area (Å²) in [6.45, 7) is 4.14. The number of carbonyl (C=O) groups is 1. The highest BCUT2D eigenvalue weighted by Gasteiger charge is 2.00. The molecule has 0 radical (unpaired) electrons. The fourth-order valence-corrected chi connectivity index (χ4v) is 1.95. The first-order valence-corrected chi connectivity index (χ1v) is 6.82. The molecule has 1 N–H and O–H groups in total. The maximum Gasteiger partial charge on any atom is 0.187 e. The molecule has 20 heavy (non-hydrogen) atoms. The van der Waals surface area contributed by atoms with Crippen molar-refractivity contribution in [2.24, 2.45) is 0 Å². The molecule has 0 aromatic heterocycles. The van der Waals surface area contributed by atoms with Gasteiger partial charge in [0.25, 0.3) is 0 Å². The van der Waals surface area contributed by atoms with Crippen molar-refractivity contribution >= 4 is 11.5 Å². The van der Waals surface area contributed by atoms with Gasteiger partial charge in [0.05, 0.1) is 0 Å². The molecule has 2 heteroatoms. The van der Waals surface area contributed by atoms with Gasteiger partial charge in [-0.25, -0.2) is 0 Å². The number of hydrogen-bond acceptors (Lipinski definition) is 2. The van der Waals surface area contributed by atoms with Crippen LogP contribution in [0.1, 0.15) is 28.4 Å². The summed E-state index contributed by atoms with van der Waals surface area (Å²) >= 11 is 0. The molecule has 0 unspecified atom stereocenters. The molecule has 0 amide bonds. The maximum atomic E-state index is 12.0. The SMILES string of the molecule is CCc1ccc(C(=O)C=CNc2cccc(C)c2)cc1. The number of carbonyl (C=O) groups excluding carboxylic acids is 1. The average Bonchev–Trinajstić information content (AvgIpc) is 2.47. The molecule has 0 saturated carbocycles. The molecule has 0 fully saturated rings. The van der Waals surface area contributed by atoms with Crippen molar-refractivity contribution in [2.45, 2.75) is 20.3 Å². The molecular weight excluding hydrogens is 246 g/mol. The largest absolute Gasteiger partial charge is 0.362 e. The Kier molecular flexibility index (Phi) is 4.72. The van der Waals surface area contributed by atoms with E-state index in [9.17, 15) is 4.79 Å². The van der Waals surface area contributed by atoms with Crippen LogP contribution in [0.15, 0.2) is 60.8 Å².